The van der Waals surface area contributed by atoms with E-state index in [2.05, 4.69) is 58.7 Å². The number of anilines is 2. The van der Waals surface area contributed by atoms with Gasteiger partial charge in [-0.15, -0.1) is 11.3 Å². The minimum absolute atomic E-state index is 0.875. The van der Waals surface area contributed by atoms with Gasteiger partial charge in [0.2, 0.25) is 0 Å². The molecule has 4 nitrogen and oxygen atoms in total. The molecule has 3 rings (SSSR count). The van der Waals surface area contributed by atoms with Crippen LogP contribution < -0.4 is 15.1 Å². The van der Waals surface area contributed by atoms with E-state index in [-0.39, 0.29) is 0 Å². The predicted octanol–water partition coefficient (Wildman–Crippen LogP) is 2.71. The SMILES string of the molecule is CCNCc1nc(CN2CCN(C)c3ccccc32)cs1. The molecule has 0 spiro atoms. The number of aromatic nitrogens is 1. The molecule has 1 aromatic heterocycles. The van der Waals surface area contributed by atoms with E-state index in [1.165, 1.54) is 22.1 Å². The molecule has 0 radical (unpaired) electrons. The Morgan fingerprint density at radius 1 is 1.24 bits per heavy atom. The van der Waals surface area contributed by atoms with Crippen LogP contribution in [0.2, 0.25) is 0 Å². The highest BCUT2D eigenvalue weighted by molar-refractivity contribution is 7.09. The first kappa shape index (κ1) is 14.4. The number of nitrogens with one attached hydrogen (secondary N) is 1. The van der Waals surface area contributed by atoms with E-state index < -0.39 is 0 Å². The molecule has 21 heavy (non-hydrogen) atoms. The summed E-state index contributed by atoms with van der Waals surface area (Å²) < 4.78 is 0. The first-order valence-electron chi connectivity index (χ1n) is 7.47. The predicted molar refractivity (Wildman–Crippen MR) is 90.3 cm³/mol. The standard InChI is InChI=1S/C16H22N4S/c1-3-17-10-16-18-13(12-21-16)11-20-9-8-19(2)14-6-4-5-7-15(14)20/h4-7,12,17H,3,8-11H2,1-2H3. The number of para-hydroxylation sites is 2. The van der Waals surface area contributed by atoms with Crippen molar-refractivity contribution in [2.45, 2.75) is 20.0 Å². The van der Waals surface area contributed by atoms with E-state index in [0.29, 0.717) is 0 Å². The fourth-order valence-corrected chi connectivity index (χ4v) is 3.42. The molecule has 1 aliphatic heterocycles. The van der Waals surface area contributed by atoms with Gasteiger partial charge < -0.3 is 15.1 Å². The molecule has 2 heterocycles. The van der Waals surface area contributed by atoms with Crippen LogP contribution in [0.1, 0.15) is 17.6 Å². The number of rotatable bonds is 5. The molecule has 0 unspecified atom stereocenters. The van der Waals surface area contributed by atoms with Crippen LogP contribution in [0.15, 0.2) is 29.6 Å². The van der Waals surface area contributed by atoms with E-state index in [9.17, 15) is 0 Å². The van der Waals surface area contributed by atoms with Crippen molar-refractivity contribution < 1.29 is 0 Å². The largest absolute Gasteiger partial charge is 0.371 e. The lowest BCUT2D eigenvalue weighted by molar-refractivity contribution is 0.706. The van der Waals surface area contributed by atoms with Gasteiger partial charge in [-0.2, -0.15) is 0 Å². The molecule has 1 aliphatic rings. The fraction of sp³-hybridized carbons (Fsp3) is 0.438. The van der Waals surface area contributed by atoms with E-state index in [1.807, 2.05) is 0 Å². The molecule has 1 aromatic carbocycles. The van der Waals surface area contributed by atoms with Gasteiger partial charge in [0.25, 0.3) is 0 Å². The maximum Gasteiger partial charge on any atom is 0.107 e. The minimum atomic E-state index is 0.875. The van der Waals surface area contributed by atoms with Gasteiger partial charge in [0.1, 0.15) is 5.01 Å². The summed E-state index contributed by atoms with van der Waals surface area (Å²) in [5.41, 5.74) is 3.80. The van der Waals surface area contributed by atoms with Gasteiger partial charge in [0.15, 0.2) is 0 Å². The summed E-state index contributed by atoms with van der Waals surface area (Å²) >= 11 is 1.75. The smallest absolute Gasteiger partial charge is 0.107 e. The van der Waals surface area contributed by atoms with Crippen LogP contribution in [0.4, 0.5) is 11.4 Å². The highest BCUT2D eigenvalue weighted by Gasteiger charge is 2.20. The number of hydrogen-bond acceptors (Lipinski definition) is 5. The summed E-state index contributed by atoms with van der Waals surface area (Å²) in [7, 11) is 2.16. The zero-order valence-corrected chi connectivity index (χ0v) is 13.5. The van der Waals surface area contributed by atoms with E-state index in [1.54, 1.807) is 11.3 Å². The van der Waals surface area contributed by atoms with Gasteiger partial charge in [-0.25, -0.2) is 4.98 Å². The molecular formula is C16H22N4S. The van der Waals surface area contributed by atoms with Crippen molar-refractivity contribution in [2.75, 3.05) is 36.5 Å². The number of thiazole rings is 1. The summed E-state index contributed by atoms with van der Waals surface area (Å²) in [6.07, 6.45) is 0. The van der Waals surface area contributed by atoms with Crippen LogP contribution in [-0.2, 0) is 13.1 Å². The quantitative estimate of drug-likeness (QED) is 0.920. The van der Waals surface area contributed by atoms with Crippen molar-refractivity contribution in [2.24, 2.45) is 0 Å². The van der Waals surface area contributed by atoms with E-state index in [4.69, 9.17) is 4.98 Å². The minimum Gasteiger partial charge on any atom is -0.371 e. The van der Waals surface area contributed by atoms with Gasteiger partial charge in [0, 0.05) is 32.1 Å². The molecule has 0 bridgehead atoms. The van der Waals surface area contributed by atoms with Gasteiger partial charge >= 0.3 is 0 Å². The second-order valence-electron chi connectivity index (χ2n) is 5.34. The Bertz CT molecular complexity index is 595. The van der Waals surface area contributed by atoms with E-state index in [0.717, 1.165) is 32.7 Å². The lowest BCUT2D eigenvalue weighted by atomic mass is 10.1. The molecule has 2 aromatic rings. The molecule has 0 aliphatic carbocycles. The Morgan fingerprint density at radius 3 is 2.86 bits per heavy atom. The summed E-state index contributed by atoms with van der Waals surface area (Å²) in [6.45, 7) is 6.99. The average molecular weight is 302 g/mol. The highest BCUT2D eigenvalue weighted by atomic mass is 32.1. The number of hydrogen-bond donors (Lipinski definition) is 1. The monoisotopic (exact) mass is 302 g/mol. The Labute approximate surface area is 130 Å². The lowest BCUT2D eigenvalue weighted by Crippen LogP contribution is -2.38. The summed E-state index contributed by atoms with van der Waals surface area (Å²) in [6, 6.07) is 8.62. The molecule has 112 valence electrons. The molecule has 0 saturated carbocycles. The van der Waals surface area contributed by atoms with Gasteiger partial charge in [-0.3, -0.25) is 0 Å². The van der Waals surface area contributed by atoms with Gasteiger partial charge in [-0.05, 0) is 18.7 Å². The Morgan fingerprint density at radius 2 is 2.05 bits per heavy atom. The normalized spacial score (nSPS) is 14.4. The van der Waals surface area contributed by atoms with Crippen LogP contribution in [0.3, 0.4) is 0 Å². The number of benzene rings is 1. The Balaban J connectivity index is 1.73. The van der Waals surface area contributed by atoms with E-state index >= 15 is 0 Å². The third-order valence-corrected chi connectivity index (χ3v) is 4.72. The summed E-state index contributed by atoms with van der Waals surface area (Å²) in [5.74, 6) is 0. The zero-order valence-electron chi connectivity index (χ0n) is 12.7. The van der Waals surface area contributed by atoms with Crippen molar-refractivity contribution >= 4 is 22.7 Å². The molecular weight excluding hydrogens is 280 g/mol. The second-order valence-corrected chi connectivity index (χ2v) is 6.29. The van der Waals surface area contributed by atoms with Crippen LogP contribution >= 0.6 is 11.3 Å². The summed E-state index contributed by atoms with van der Waals surface area (Å²) in [5, 5.41) is 6.69. The average Bonchev–Trinajstić information content (AvgIpc) is 2.96. The van der Waals surface area contributed by atoms with Crippen molar-refractivity contribution in [1.82, 2.24) is 10.3 Å². The van der Waals surface area contributed by atoms with Gasteiger partial charge in [0.05, 0.1) is 23.6 Å². The van der Waals surface area contributed by atoms with Gasteiger partial charge in [-0.1, -0.05) is 19.1 Å². The number of likely N-dealkylation sites (N-methyl/N-ethyl adjacent to an activating group) is 1. The second kappa shape index (κ2) is 6.45. The van der Waals surface area contributed by atoms with Crippen molar-refractivity contribution in [3.8, 4) is 0 Å². The first-order valence-corrected chi connectivity index (χ1v) is 8.35. The Hall–Kier alpha value is -1.59. The maximum atomic E-state index is 4.73. The third kappa shape index (κ3) is 3.19. The molecule has 5 heteroatoms. The maximum absolute atomic E-state index is 4.73. The van der Waals surface area contributed by atoms with Crippen LogP contribution in [0, 0.1) is 0 Å². The molecule has 0 fully saturated rings. The Kier molecular flexibility index (Phi) is 4.41. The lowest BCUT2D eigenvalue weighted by Gasteiger charge is -2.36. The topological polar surface area (TPSA) is 31.4 Å². The zero-order chi connectivity index (χ0) is 14.7. The molecule has 0 amide bonds. The van der Waals surface area contributed by atoms with Crippen LogP contribution in [0.25, 0.3) is 0 Å². The van der Waals surface area contributed by atoms with Crippen molar-refractivity contribution in [3.63, 3.8) is 0 Å². The fourth-order valence-electron chi connectivity index (χ4n) is 2.66. The van der Waals surface area contributed by atoms with Crippen molar-refractivity contribution in [1.29, 1.82) is 0 Å². The third-order valence-electron chi connectivity index (χ3n) is 3.82. The highest BCUT2D eigenvalue weighted by Crippen LogP contribution is 2.32. The molecule has 0 saturated heterocycles. The summed E-state index contributed by atoms with van der Waals surface area (Å²) in [4.78, 5) is 9.49. The number of fused-ring (bicyclic) bond motifs is 1. The first-order chi connectivity index (χ1) is 10.3. The number of nitrogens with zero attached hydrogens (tertiary/aromatic N) is 3. The molecule has 0 atom stereocenters. The molecule has 1 N–H and O–H groups in total. The van der Waals surface area contributed by atoms with Crippen molar-refractivity contribution in [3.05, 3.63) is 40.3 Å². The van der Waals surface area contributed by atoms with Crippen LogP contribution in [-0.4, -0.2) is 31.7 Å². The van der Waals surface area contributed by atoms with Crippen LogP contribution in [0.5, 0.6) is 0 Å².